The molecule has 0 radical (unpaired) electrons. The van der Waals surface area contributed by atoms with E-state index in [2.05, 4.69) is 15.5 Å². The highest BCUT2D eigenvalue weighted by Gasteiger charge is 2.14. The fourth-order valence-electron chi connectivity index (χ4n) is 2.05. The van der Waals surface area contributed by atoms with Crippen LogP contribution in [0.1, 0.15) is 42.5 Å². The Kier molecular flexibility index (Phi) is 4.55. The van der Waals surface area contributed by atoms with E-state index in [0.717, 1.165) is 32.4 Å². The molecule has 0 spiro atoms. The van der Waals surface area contributed by atoms with Gasteiger partial charge in [-0.2, -0.15) is 5.10 Å². The van der Waals surface area contributed by atoms with Gasteiger partial charge in [0.1, 0.15) is 0 Å². The number of aromatic nitrogens is 2. The molecule has 17 heavy (non-hydrogen) atoms. The van der Waals surface area contributed by atoms with Crippen LogP contribution in [0.2, 0.25) is 0 Å². The molecule has 1 aliphatic heterocycles. The molecule has 1 fully saturated rings. The summed E-state index contributed by atoms with van der Waals surface area (Å²) in [5, 5.41) is 9.23. The first kappa shape index (κ1) is 12.1. The first-order valence-corrected chi connectivity index (χ1v) is 6.25. The topological polar surface area (TPSA) is 67.0 Å². The normalized spacial score (nSPS) is 19.4. The summed E-state index contributed by atoms with van der Waals surface area (Å²) in [7, 11) is 0. The zero-order chi connectivity index (χ0) is 11.9. The molecule has 1 aromatic heterocycles. The van der Waals surface area contributed by atoms with Crippen molar-refractivity contribution in [3.63, 3.8) is 0 Å². The van der Waals surface area contributed by atoms with Crippen LogP contribution in [0.25, 0.3) is 0 Å². The van der Waals surface area contributed by atoms with Crippen molar-refractivity contribution in [3.05, 3.63) is 18.0 Å². The van der Waals surface area contributed by atoms with Crippen molar-refractivity contribution < 1.29 is 9.53 Å². The van der Waals surface area contributed by atoms with Crippen molar-refractivity contribution >= 4 is 5.91 Å². The van der Waals surface area contributed by atoms with Crippen LogP contribution in [0.15, 0.2) is 12.4 Å². The van der Waals surface area contributed by atoms with E-state index in [4.69, 9.17) is 4.74 Å². The first-order chi connectivity index (χ1) is 8.36. The lowest BCUT2D eigenvalue weighted by atomic mass is 10.1. The predicted molar refractivity (Wildman–Crippen MR) is 63.7 cm³/mol. The molecular weight excluding hydrogens is 218 g/mol. The maximum Gasteiger partial charge on any atom is 0.254 e. The summed E-state index contributed by atoms with van der Waals surface area (Å²) in [5.74, 6) is -0.0594. The van der Waals surface area contributed by atoms with Gasteiger partial charge in [-0.3, -0.25) is 9.89 Å². The summed E-state index contributed by atoms with van der Waals surface area (Å²) in [5.41, 5.74) is 0.587. The molecule has 1 amide bonds. The molecule has 1 aromatic rings. The molecule has 0 saturated carbocycles. The van der Waals surface area contributed by atoms with E-state index in [0.29, 0.717) is 11.7 Å². The predicted octanol–water partition coefficient (Wildman–Crippen LogP) is 1.49. The summed E-state index contributed by atoms with van der Waals surface area (Å²) in [6.07, 6.45) is 9.20. The maximum atomic E-state index is 11.5. The van der Waals surface area contributed by atoms with Crippen LogP contribution in [0.5, 0.6) is 0 Å². The van der Waals surface area contributed by atoms with E-state index >= 15 is 0 Å². The Bertz CT molecular complexity index is 332. The van der Waals surface area contributed by atoms with Gasteiger partial charge in [-0.05, 0) is 32.1 Å². The molecule has 2 heterocycles. The van der Waals surface area contributed by atoms with Crippen LogP contribution in [-0.4, -0.2) is 35.4 Å². The second-order valence-electron chi connectivity index (χ2n) is 4.37. The van der Waals surface area contributed by atoms with E-state index in [1.54, 1.807) is 6.20 Å². The van der Waals surface area contributed by atoms with Gasteiger partial charge in [0.05, 0.1) is 17.9 Å². The summed E-state index contributed by atoms with van der Waals surface area (Å²) in [4.78, 5) is 11.5. The SMILES string of the molecule is O=C(NCCCC[C@H]1CCCO1)c1cn[nH]c1. The van der Waals surface area contributed by atoms with Gasteiger partial charge in [-0.1, -0.05) is 0 Å². The number of carbonyl (C=O) groups excluding carboxylic acids is 1. The smallest absolute Gasteiger partial charge is 0.254 e. The van der Waals surface area contributed by atoms with E-state index in [1.807, 2.05) is 0 Å². The van der Waals surface area contributed by atoms with Crippen molar-refractivity contribution in [1.29, 1.82) is 0 Å². The van der Waals surface area contributed by atoms with E-state index in [9.17, 15) is 4.79 Å². The standard InChI is InChI=1S/C12H19N3O2/c16-12(10-8-14-15-9-10)13-6-2-1-4-11-5-3-7-17-11/h8-9,11H,1-7H2,(H,13,16)(H,14,15)/t11-/m0/s1. The Balaban J connectivity index is 1.52. The molecule has 2 N–H and O–H groups in total. The molecule has 5 nitrogen and oxygen atoms in total. The number of hydrogen-bond acceptors (Lipinski definition) is 3. The zero-order valence-corrected chi connectivity index (χ0v) is 9.95. The molecule has 0 aliphatic carbocycles. The van der Waals surface area contributed by atoms with E-state index in [-0.39, 0.29) is 5.91 Å². The van der Waals surface area contributed by atoms with Crippen LogP contribution < -0.4 is 5.32 Å². The number of nitrogens with zero attached hydrogens (tertiary/aromatic N) is 1. The molecule has 0 bridgehead atoms. The average molecular weight is 237 g/mol. The highest BCUT2D eigenvalue weighted by atomic mass is 16.5. The molecule has 0 aromatic carbocycles. The monoisotopic (exact) mass is 237 g/mol. The number of amides is 1. The number of carbonyl (C=O) groups is 1. The average Bonchev–Trinajstić information content (AvgIpc) is 3.01. The van der Waals surface area contributed by atoms with Gasteiger partial charge in [0.15, 0.2) is 0 Å². The van der Waals surface area contributed by atoms with Crippen molar-refractivity contribution in [2.24, 2.45) is 0 Å². The third kappa shape index (κ3) is 3.85. The maximum absolute atomic E-state index is 11.5. The molecule has 94 valence electrons. The third-order valence-electron chi connectivity index (χ3n) is 3.02. The van der Waals surface area contributed by atoms with Crippen LogP contribution in [-0.2, 0) is 4.74 Å². The lowest BCUT2D eigenvalue weighted by Crippen LogP contribution is -2.24. The molecular formula is C12H19N3O2. The minimum absolute atomic E-state index is 0.0594. The van der Waals surface area contributed by atoms with Crippen molar-refractivity contribution in [3.8, 4) is 0 Å². The Morgan fingerprint density at radius 3 is 3.24 bits per heavy atom. The Hall–Kier alpha value is -1.36. The number of aromatic amines is 1. The van der Waals surface area contributed by atoms with E-state index in [1.165, 1.54) is 19.0 Å². The van der Waals surface area contributed by atoms with Gasteiger partial charge < -0.3 is 10.1 Å². The highest BCUT2D eigenvalue weighted by Crippen LogP contribution is 2.17. The van der Waals surface area contributed by atoms with Gasteiger partial charge in [0.25, 0.3) is 5.91 Å². The number of ether oxygens (including phenoxy) is 1. The van der Waals surface area contributed by atoms with Gasteiger partial charge in [0, 0.05) is 19.3 Å². The summed E-state index contributed by atoms with van der Waals surface area (Å²) >= 11 is 0. The molecule has 5 heteroatoms. The quantitative estimate of drug-likeness (QED) is 0.737. The third-order valence-corrected chi connectivity index (χ3v) is 3.02. The lowest BCUT2D eigenvalue weighted by molar-refractivity contribution is 0.0947. The molecule has 1 aliphatic rings. The highest BCUT2D eigenvalue weighted by molar-refractivity contribution is 5.93. The van der Waals surface area contributed by atoms with Gasteiger partial charge in [-0.25, -0.2) is 0 Å². The van der Waals surface area contributed by atoms with E-state index < -0.39 is 0 Å². The van der Waals surface area contributed by atoms with Crippen LogP contribution in [0.4, 0.5) is 0 Å². The zero-order valence-electron chi connectivity index (χ0n) is 9.95. The molecule has 1 atom stereocenters. The first-order valence-electron chi connectivity index (χ1n) is 6.25. The second kappa shape index (κ2) is 6.39. The largest absolute Gasteiger partial charge is 0.378 e. The van der Waals surface area contributed by atoms with Gasteiger partial charge in [-0.15, -0.1) is 0 Å². The van der Waals surface area contributed by atoms with Crippen molar-refractivity contribution in [2.45, 2.75) is 38.2 Å². The fraction of sp³-hybridized carbons (Fsp3) is 0.667. The van der Waals surface area contributed by atoms with Crippen LogP contribution >= 0.6 is 0 Å². The van der Waals surface area contributed by atoms with Crippen LogP contribution in [0, 0.1) is 0 Å². The Morgan fingerprint density at radius 2 is 2.53 bits per heavy atom. The molecule has 0 unspecified atom stereocenters. The molecule has 2 rings (SSSR count). The number of H-pyrrole nitrogens is 1. The van der Waals surface area contributed by atoms with Crippen LogP contribution in [0.3, 0.4) is 0 Å². The number of unbranched alkanes of at least 4 members (excludes halogenated alkanes) is 1. The summed E-state index contributed by atoms with van der Waals surface area (Å²) in [6, 6.07) is 0. The fourth-order valence-corrected chi connectivity index (χ4v) is 2.05. The summed E-state index contributed by atoms with van der Waals surface area (Å²) < 4.78 is 5.54. The Labute approximate surface area is 101 Å². The second-order valence-corrected chi connectivity index (χ2v) is 4.37. The Morgan fingerprint density at radius 1 is 1.59 bits per heavy atom. The number of nitrogens with one attached hydrogen (secondary N) is 2. The van der Waals surface area contributed by atoms with Crippen molar-refractivity contribution in [1.82, 2.24) is 15.5 Å². The minimum atomic E-state index is -0.0594. The number of hydrogen-bond donors (Lipinski definition) is 2. The number of rotatable bonds is 6. The molecule has 1 saturated heterocycles. The summed E-state index contributed by atoms with van der Waals surface area (Å²) in [6.45, 7) is 1.64. The van der Waals surface area contributed by atoms with Crippen molar-refractivity contribution in [2.75, 3.05) is 13.2 Å². The van der Waals surface area contributed by atoms with Gasteiger partial charge >= 0.3 is 0 Å². The minimum Gasteiger partial charge on any atom is -0.378 e. The van der Waals surface area contributed by atoms with Gasteiger partial charge in [0.2, 0.25) is 0 Å². The lowest BCUT2D eigenvalue weighted by Gasteiger charge is -2.08.